The van der Waals surface area contributed by atoms with Gasteiger partial charge in [-0.3, -0.25) is 0 Å². The van der Waals surface area contributed by atoms with E-state index in [1.807, 2.05) is 0 Å². The van der Waals surface area contributed by atoms with Gasteiger partial charge in [-0.2, -0.15) is 0 Å². The minimum atomic E-state index is -0.626. The Balaban J connectivity index is 2.14. The van der Waals surface area contributed by atoms with Crippen molar-refractivity contribution in [2.24, 2.45) is 11.3 Å². The van der Waals surface area contributed by atoms with Crippen molar-refractivity contribution in [1.82, 2.24) is 0 Å². The third-order valence-corrected chi connectivity index (χ3v) is 6.58. The molecule has 0 aromatic rings. The Morgan fingerprint density at radius 1 is 1.44 bits per heavy atom. The first-order chi connectivity index (χ1) is 4.02. The summed E-state index contributed by atoms with van der Waals surface area (Å²) in [4.78, 5) is 0. The lowest BCUT2D eigenvalue weighted by Crippen LogP contribution is -2.22. The van der Waals surface area contributed by atoms with Crippen molar-refractivity contribution in [3.63, 3.8) is 0 Å². The number of hydrogen-bond donors (Lipinski definition) is 0. The molecule has 2 unspecified atom stereocenters. The molecule has 1 heteroatoms. The van der Waals surface area contributed by atoms with Crippen molar-refractivity contribution < 1.29 is 0 Å². The summed E-state index contributed by atoms with van der Waals surface area (Å²) < 4.78 is 0. The van der Waals surface area contributed by atoms with E-state index in [0.29, 0.717) is 0 Å². The molecule has 1 saturated carbocycles. The van der Waals surface area contributed by atoms with Gasteiger partial charge < -0.3 is 0 Å². The lowest BCUT2D eigenvalue weighted by Gasteiger charge is -2.17. The summed E-state index contributed by atoms with van der Waals surface area (Å²) in [7, 11) is -0.626. The third kappa shape index (κ3) is 0.777. The lowest BCUT2D eigenvalue weighted by molar-refractivity contribution is 0.611. The van der Waals surface area contributed by atoms with Crippen molar-refractivity contribution >= 4 is 8.07 Å². The fraction of sp³-hybridized carbons (Fsp3) is 1.00. The predicted molar refractivity (Wildman–Crippen MR) is 43.3 cm³/mol. The SMILES string of the molecule is CC12CC1C[Si](C)(C)C2. The van der Waals surface area contributed by atoms with Crippen LogP contribution in [0.4, 0.5) is 0 Å². The highest BCUT2D eigenvalue weighted by molar-refractivity contribution is 6.78. The van der Waals surface area contributed by atoms with Gasteiger partial charge in [-0.1, -0.05) is 32.1 Å². The Morgan fingerprint density at radius 3 is 2.33 bits per heavy atom. The summed E-state index contributed by atoms with van der Waals surface area (Å²) >= 11 is 0. The zero-order chi connectivity index (χ0) is 6.70. The molecule has 0 aromatic carbocycles. The largest absolute Gasteiger partial charge is 0.0693 e. The summed E-state index contributed by atoms with van der Waals surface area (Å²) in [6.45, 7) is 7.58. The zero-order valence-electron chi connectivity index (χ0n) is 6.70. The maximum Gasteiger partial charge on any atom is 0.0482 e. The van der Waals surface area contributed by atoms with E-state index in [1.165, 1.54) is 5.92 Å². The molecule has 0 N–H and O–H groups in total. The quantitative estimate of drug-likeness (QED) is 0.454. The highest BCUT2D eigenvalue weighted by Crippen LogP contribution is 2.66. The molecular formula is C8H16Si. The minimum Gasteiger partial charge on any atom is -0.0693 e. The van der Waals surface area contributed by atoms with E-state index in [1.54, 1.807) is 18.5 Å². The second-order valence-electron chi connectivity index (χ2n) is 5.10. The third-order valence-electron chi connectivity index (χ3n) is 3.22. The van der Waals surface area contributed by atoms with Crippen LogP contribution in [0.25, 0.3) is 0 Å². The van der Waals surface area contributed by atoms with Gasteiger partial charge in [0, 0.05) is 8.07 Å². The summed E-state index contributed by atoms with van der Waals surface area (Å²) in [6.07, 6.45) is 1.56. The first-order valence-electron chi connectivity index (χ1n) is 4.02. The summed E-state index contributed by atoms with van der Waals surface area (Å²) in [5, 5.41) is 0. The second kappa shape index (κ2) is 1.29. The Labute approximate surface area is 58.7 Å². The van der Waals surface area contributed by atoms with Gasteiger partial charge in [-0.05, 0) is 17.8 Å². The van der Waals surface area contributed by atoms with Gasteiger partial charge in [0.25, 0.3) is 0 Å². The van der Waals surface area contributed by atoms with Crippen LogP contribution in [0.15, 0.2) is 0 Å². The smallest absolute Gasteiger partial charge is 0.0482 e. The van der Waals surface area contributed by atoms with Gasteiger partial charge in [-0.25, -0.2) is 0 Å². The molecule has 0 bridgehead atoms. The van der Waals surface area contributed by atoms with Gasteiger partial charge in [0.1, 0.15) is 0 Å². The van der Waals surface area contributed by atoms with E-state index in [0.717, 1.165) is 5.41 Å². The molecule has 52 valence electrons. The molecule has 2 rings (SSSR count). The van der Waals surface area contributed by atoms with Crippen molar-refractivity contribution in [3.05, 3.63) is 0 Å². The fourth-order valence-electron chi connectivity index (χ4n) is 2.87. The molecule has 9 heavy (non-hydrogen) atoms. The molecule has 0 radical (unpaired) electrons. The molecule has 1 saturated heterocycles. The lowest BCUT2D eigenvalue weighted by atomic mass is 10.1. The van der Waals surface area contributed by atoms with Crippen LogP contribution in [0.1, 0.15) is 13.3 Å². The van der Waals surface area contributed by atoms with Gasteiger partial charge in [0.15, 0.2) is 0 Å². The molecule has 0 aromatic heterocycles. The Bertz CT molecular complexity index is 148. The summed E-state index contributed by atoms with van der Waals surface area (Å²) in [6, 6.07) is 3.24. The molecule has 1 heterocycles. The number of rotatable bonds is 0. The van der Waals surface area contributed by atoms with E-state index in [2.05, 4.69) is 20.0 Å². The Hall–Kier alpha value is 0.217. The highest BCUT2D eigenvalue weighted by Gasteiger charge is 2.59. The van der Waals surface area contributed by atoms with E-state index in [4.69, 9.17) is 0 Å². The topological polar surface area (TPSA) is 0 Å². The molecule has 1 aliphatic carbocycles. The van der Waals surface area contributed by atoms with Crippen molar-refractivity contribution in [2.75, 3.05) is 0 Å². The maximum absolute atomic E-state index is 2.55. The van der Waals surface area contributed by atoms with Gasteiger partial charge >= 0.3 is 0 Å². The highest BCUT2D eigenvalue weighted by atomic mass is 28.3. The van der Waals surface area contributed by atoms with Crippen LogP contribution in [0.5, 0.6) is 0 Å². The molecule has 0 nitrogen and oxygen atoms in total. The second-order valence-corrected chi connectivity index (χ2v) is 10.2. The molecule has 2 atom stereocenters. The number of hydrogen-bond acceptors (Lipinski definition) is 0. The first-order valence-corrected chi connectivity index (χ1v) is 7.43. The first kappa shape index (κ1) is 5.96. The molecule has 0 amide bonds. The molecule has 2 fully saturated rings. The van der Waals surface area contributed by atoms with Crippen molar-refractivity contribution in [2.45, 2.75) is 38.5 Å². The van der Waals surface area contributed by atoms with Gasteiger partial charge in [-0.15, -0.1) is 0 Å². The zero-order valence-corrected chi connectivity index (χ0v) is 7.70. The maximum atomic E-state index is 2.55. The fourth-order valence-corrected chi connectivity index (χ4v) is 7.61. The van der Waals surface area contributed by atoms with E-state index in [-0.39, 0.29) is 0 Å². The van der Waals surface area contributed by atoms with Crippen molar-refractivity contribution in [1.29, 1.82) is 0 Å². The Kier molecular flexibility index (Phi) is 0.854. The normalized spacial score (nSPS) is 53.0. The van der Waals surface area contributed by atoms with Crippen LogP contribution in [0.2, 0.25) is 25.2 Å². The van der Waals surface area contributed by atoms with E-state index < -0.39 is 8.07 Å². The van der Waals surface area contributed by atoms with Gasteiger partial charge in [0.2, 0.25) is 0 Å². The average Bonchev–Trinajstić information content (AvgIpc) is 2.03. The molecule has 0 spiro atoms. The standard InChI is InChI=1S/C8H16Si/c1-8-4-7(8)5-9(2,3)6-8/h7H,4-6H2,1-3H3. The van der Waals surface area contributed by atoms with Crippen LogP contribution < -0.4 is 0 Å². The average molecular weight is 140 g/mol. The van der Waals surface area contributed by atoms with E-state index in [9.17, 15) is 0 Å². The van der Waals surface area contributed by atoms with Crippen molar-refractivity contribution in [3.8, 4) is 0 Å². The predicted octanol–water partition coefficient (Wildman–Crippen LogP) is 2.73. The van der Waals surface area contributed by atoms with E-state index >= 15 is 0 Å². The Morgan fingerprint density at radius 2 is 2.11 bits per heavy atom. The van der Waals surface area contributed by atoms with Crippen LogP contribution in [-0.4, -0.2) is 8.07 Å². The molecule has 2 aliphatic rings. The summed E-state index contributed by atoms with van der Waals surface area (Å²) in [5.74, 6) is 1.17. The summed E-state index contributed by atoms with van der Waals surface area (Å²) in [5.41, 5.74) is 0.857. The van der Waals surface area contributed by atoms with Crippen LogP contribution >= 0.6 is 0 Å². The van der Waals surface area contributed by atoms with Crippen LogP contribution in [-0.2, 0) is 0 Å². The molecular weight excluding hydrogens is 124 g/mol. The van der Waals surface area contributed by atoms with Crippen LogP contribution in [0, 0.1) is 11.3 Å². The number of fused-ring (bicyclic) bond motifs is 1. The van der Waals surface area contributed by atoms with Gasteiger partial charge in [0.05, 0.1) is 0 Å². The van der Waals surface area contributed by atoms with Crippen LogP contribution in [0.3, 0.4) is 0 Å². The molecule has 1 aliphatic heterocycles. The monoisotopic (exact) mass is 140 g/mol. The minimum absolute atomic E-state index is 0.626.